The Morgan fingerprint density at radius 1 is 1.22 bits per heavy atom. The van der Waals surface area contributed by atoms with Gasteiger partial charge in [-0.25, -0.2) is 0 Å². The maximum Gasteiger partial charge on any atom is 0.0593 e. The molecule has 1 saturated carbocycles. The molecule has 2 rings (SSSR count). The van der Waals surface area contributed by atoms with Crippen molar-refractivity contribution < 1.29 is 4.74 Å². The van der Waals surface area contributed by atoms with E-state index in [0.29, 0.717) is 11.6 Å². The summed E-state index contributed by atoms with van der Waals surface area (Å²) in [6.45, 7) is 9.82. The van der Waals surface area contributed by atoms with Crippen LogP contribution in [0, 0.1) is 0 Å². The smallest absolute Gasteiger partial charge is 0.0593 e. The molecule has 1 unspecified atom stereocenters. The monoisotopic (exact) mass is 254 g/mol. The highest BCUT2D eigenvalue weighted by Gasteiger charge is 2.42. The Labute approximate surface area is 112 Å². The normalized spacial score (nSPS) is 28.0. The maximum atomic E-state index is 5.70. The van der Waals surface area contributed by atoms with Crippen LogP contribution in [-0.4, -0.2) is 49.3 Å². The molecule has 18 heavy (non-hydrogen) atoms. The quantitative estimate of drug-likeness (QED) is 0.737. The van der Waals surface area contributed by atoms with Crippen LogP contribution in [0.2, 0.25) is 0 Å². The Morgan fingerprint density at radius 3 is 2.67 bits per heavy atom. The van der Waals surface area contributed by atoms with Crippen LogP contribution >= 0.6 is 0 Å². The van der Waals surface area contributed by atoms with Gasteiger partial charge in [-0.1, -0.05) is 26.7 Å². The first kappa shape index (κ1) is 14.3. The number of rotatable bonds is 6. The largest absolute Gasteiger partial charge is 0.380 e. The minimum atomic E-state index is 0.460. The van der Waals surface area contributed by atoms with E-state index in [2.05, 4.69) is 24.1 Å². The molecule has 1 heterocycles. The summed E-state index contributed by atoms with van der Waals surface area (Å²) in [4.78, 5) is 2.74. The summed E-state index contributed by atoms with van der Waals surface area (Å²) in [5.41, 5.74) is 0.460. The van der Waals surface area contributed by atoms with Gasteiger partial charge < -0.3 is 10.1 Å². The molecule has 0 amide bonds. The van der Waals surface area contributed by atoms with Gasteiger partial charge >= 0.3 is 0 Å². The number of nitrogens with one attached hydrogen (secondary N) is 1. The second kappa shape index (κ2) is 6.88. The standard InChI is InChI=1S/C15H30N2O/c1-3-10-18-11-9-17-12-14(4-2)16-13-15(17)7-5-6-8-15/h14,16H,3-13H2,1-2H3. The molecule has 1 saturated heterocycles. The predicted molar refractivity (Wildman–Crippen MR) is 76.0 cm³/mol. The van der Waals surface area contributed by atoms with Crippen LogP contribution in [0.15, 0.2) is 0 Å². The number of ether oxygens (including phenoxy) is 1. The number of hydrogen-bond acceptors (Lipinski definition) is 3. The second-order valence-electron chi connectivity index (χ2n) is 5.98. The average Bonchev–Trinajstić information content (AvgIpc) is 2.86. The van der Waals surface area contributed by atoms with E-state index >= 15 is 0 Å². The minimum Gasteiger partial charge on any atom is -0.380 e. The average molecular weight is 254 g/mol. The number of piperazine rings is 1. The van der Waals surface area contributed by atoms with Crippen LogP contribution in [0.1, 0.15) is 52.4 Å². The van der Waals surface area contributed by atoms with Crippen molar-refractivity contribution in [3.63, 3.8) is 0 Å². The maximum absolute atomic E-state index is 5.70. The highest BCUT2D eigenvalue weighted by molar-refractivity contribution is 5.01. The van der Waals surface area contributed by atoms with Gasteiger partial charge in [-0.3, -0.25) is 4.90 Å². The van der Waals surface area contributed by atoms with Gasteiger partial charge in [0.05, 0.1) is 6.61 Å². The molecule has 1 atom stereocenters. The lowest BCUT2D eigenvalue weighted by molar-refractivity contribution is 0.0124. The van der Waals surface area contributed by atoms with Gasteiger partial charge in [0.25, 0.3) is 0 Å². The topological polar surface area (TPSA) is 24.5 Å². The predicted octanol–water partition coefficient (Wildman–Crippen LogP) is 2.41. The molecule has 1 aliphatic carbocycles. The van der Waals surface area contributed by atoms with Crippen LogP contribution in [-0.2, 0) is 4.74 Å². The summed E-state index contributed by atoms with van der Waals surface area (Å²) < 4.78 is 5.70. The Morgan fingerprint density at radius 2 is 2.00 bits per heavy atom. The fourth-order valence-electron chi connectivity index (χ4n) is 3.52. The van der Waals surface area contributed by atoms with Gasteiger partial charge in [-0.2, -0.15) is 0 Å². The zero-order chi connectivity index (χ0) is 12.8. The molecular formula is C15H30N2O. The summed E-state index contributed by atoms with van der Waals surface area (Å²) in [5.74, 6) is 0. The van der Waals surface area contributed by atoms with E-state index in [9.17, 15) is 0 Å². The molecule has 0 aromatic heterocycles. The lowest BCUT2D eigenvalue weighted by Gasteiger charge is -2.48. The fraction of sp³-hybridized carbons (Fsp3) is 1.00. The molecule has 3 heteroatoms. The molecule has 1 N–H and O–H groups in total. The summed E-state index contributed by atoms with van der Waals surface area (Å²) in [5, 5.41) is 3.75. The molecule has 2 aliphatic rings. The van der Waals surface area contributed by atoms with E-state index in [1.54, 1.807) is 0 Å². The van der Waals surface area contributed by atoms with Crippen LogP contribution in [0.5, 0.6) is 0 Å². The van der Waals surface area contributed by atoms with Gasteiger partial charge in [0, 0.05) is 37.8 Å². The van der Waals surface area contributed by atoms with E-state index in [4.69, 9.17) is 4.74 Å². The second-order valence-corrected chi connectivity index (χ2v) is 5.98. The summed E-state index contributed by atoms with van der Waals surface area (Å²) in [7, 11) is 0. The molecule has 1 aliphatic heterocycles. The van der Waals surface area contributed by atoms with Crippen LogP contribution < -0.4 is 5.32 Å². The molecule has 106 valence electrons. The SMILES string of the molecule is CCCOCCN1CC(CC)NCC12CCCC2. The zero-order valence-corrected chi connectivity index (χ0v) is 12.2. The van der Waals surface area contributed by atoms with Crippen molar-refractivity contribution in [2.75, 3.05) is 32.8 Å². The van der Waals surface area contributed by atoms with E-state index in [1.807, 2.05) is 0 Å². The molecule has 1 spiro atoms. The van der Waals surface area contributed by atoms with Crippen molar-refractivity contribution in [1.29, 1.82) is 0 Å². The Kier molecular flexibility index (Phi) is 5.46. The highest BCUT2D eigenvalue weighted by atomic mass is 16.5. The van der Waals surface area contributed by atoms with Crippen molar-refractivity contribution in [3.8, 4) is 0 Å². The number of nitrogens with zero attached hydrogens (tertiary/aromatic N) is 1. The van der Waals surface area contributed by atoms with Crippen molar-refractivity contribution in [1.82, 2.24) is 10.2 Å². The summed E-state index contributed by atoms with van der Waals surface area (Å²) >= 11 is 0. The number of hydrogen-bond donors (Lipinski definition) is 1. The van der Waals surface area contributed by atoms with Crippen molar-refractivity contribution >= 4 is 0 Å². The fourth-order valence-corrected chi connectivity index (χ4v) is 3.52. The van der Waals surface area contributed by atoms with Gasteiger partial charge in [-0.15, -0.1) is 0 Å². The van der Waals surface area contributed by atoms with Crippen LogP contribution in [0.25, 0.3) is 0 Å². The van der Waals surface area contributed by atoms with Crippen LogP contribution in [0.3, 0.4) is 0 Å². The third-order valence-electron chi connectivity index (χ3n) is 4.71. The van der Waals surface area contributed by atoms with Crippen molar-refractivity contribution in [2.45, 2.75) is 64.0 Å². The van der Waals surface area contributed by atoms with E-state index in [-0.39, 0.29) is 0 Å². The zero-order valence-electron chi connectivity index (χ0n) is 12.2. The Balaban J connectivity index is 1.87. The van der Waals surface area contributed by atoms with Crippen molar-refractivity contribution in [2.24, 2.45) is 0 Å². The summed E-state index contributed by atoms with van der Waals surface area (Å²) in [6.07, 6.45) is 7.94. The summed E-state index contributed by atoms with van der Waals surface area (Å²) in [6, 6.07) is 0.683. The van der Waals surface area contributed by atoms with Gasteiger partial charge in [0.15, 0.2) is 0 Å². The van der Waals surface area contributed by atoms with E-state index in [1.165, 1.54) is 45.2 Å². The van der Waals surface area contributed by atoms with Crippen molar-refractivity contribution in [3.05, 3.63) is 0 Å². The first-order valence-electron chi connectivity index (χ1n) is 7.87. The third-order valence-corrected chi connectivity index (χ3v) is 4.71. The highest BCUT2D eigenvalue weighted by Crippen LogP contribution is 2.36. The Hall–Kier alpha value is -0.120. The molecule has 0 aromatic rings. The van der Waals surface area contributed by atoms with Gasteiger partial charge in [-0.05, 0) is 25.7 Å². The third kappa shape index (κ3) is 3.25. The molecule has 0 aromatic carbocycles. The van der Waals surface area contributed by atoms with Crippen LogP contribution in [0.4, 0.5) is 0 Å². The Bertz CT molecular complexity index is 239. The van der Waals surface area contributed by atoms with Gasteiger partial charge in [0.1, 0.15) is 0 Å². The lowest BCUT2D eigenvalue weighted by atomic mass is 9.90. The molecule has 0 radical (unpaired) electrons. The van der Waals surface area contributed by atoms with E-state index < -0.39 is 0 Å². The molecular weight excluding hydrogens is 224 g/mol. The van der Waals surface area contributed by atoms with Gasteiger partial charge in [0.2, 0.25) is 0 Å². The lowest BCUT2D eigenvalue weighted by Crippen LogP contribution is -2.63. The molecule has 2 fully saturated rings. The van der Waals surface area contributed by atoms with E-state index in [0.717, 1.165) is 26.2 Å². The molecule has 3 nitrogen and oxygen atoms in total. The first-order valence-corrected chi connectivity index (χ1v) is 7.87. The first-order chi connectivity index (χ1) is 8.80. The minimum absolute atomic E-state index is 0.460. The molecule has 0 bridgehead atoms.